The molecule has 3 rings (SSSR count). The molecular weight excluding hydrogens is 244 g/mol. The molecule has 0 spiro atoms. The lowest BCUT2D eigenvalue weighted by Crippen LogP contribution is -2.15. The molecule has 1 heteroatoms. The van der Waals surface area contributed by atoms with E-state index < -0.39 is 0 Å². The Morgan fingerprint density at radius 3 is 2.20 bits per heavy atom. The van der Waals surface area contributed by atoms with Crippen molar-refractivity contribution in [3.8, 4) is 0 Å². The van der Waals surface area contributed by atoms with E-state index in [-0.39, 0.29) is 6.10 Å². The molecule has 2 aliphatic carbocycles. The average molecular weight is 272 g/mol. The minimum Gasteiger partial charge on any atom is -0.388 e. The normalized spacial score (nSPS) is 29.5. The Labute approximate surface area is 123 Å². The fourth-order valence-electron chi connectivity index (χ4n) is 4.29. The summed E-state index contributed by atoms with van der Waals surface area (Å²) in [4.78, 5) is 0. The van der Waals surface area contributed by atoms with Crippen LogP contribution in [0, 0.1) is 11.8 Å². The van der Waals surface area contributed by atoms with Gasteiger partial charge in [-0.25, -0.2) is 0 Å². The van der Waals surface area contributed by atoms with Crippen LogP contribution in [0.15, 0.2) is 24.3 Å². The SMILES string of the molecule is CC1CCCC1C(O)c1ccc(C2CCCCC2)cc1. The first kappa shape index (κ1) is 14.1. The number of hydrogen-bond donors (Lipinski definition) is 1. The average Bonchev–Trinajstić information content (AvgIpc) is 2.94. The van der Waals surface area contributed by atoms with Gasteiger partial charge < -0.3 is 5.11 Å². The summed E-state index contributed by atoms with van der Waals surface area (Å²) in [7, 11) is 0. The second-order valence-electron chi connectivity index (χ2n) is 7.02. The fourth-order valence-corrected chi connectivity index (χ4v) is 4.29. The van der Waals surface area contributed by atoms with Crippen LogP contribution < -0.4 is 0 Å². The van der Waals surface area contributed by atoms with Crippen molar-refractivity contribution in [1.29, 1.82) is 0 Å². The molecule has 3 unspecified atom stereocenters. The lowest BCUT2D eigenvalue weighted by molar-refractivity contribution is 0.0900. The van der Waals surface area contributed by atoms with Crippen LogP contribution in [0.5, 0.6) is 0 Å². The summed E-state index contributed by atoms with van der Waals surface area (Å²) >= 11 is 0. The van der Waals surface area contributed by atoms with Gasteiger partial charge in [0, 0.05) is 0 Å². The van der Waals surface area contributed by atoms with Crippen LogP contribution in [-0.2, 0) is 0 Å². The highest BCUT2D eigenvalue weighted by Crippen LogP contribution is 2.40. The van der Waals surface area contributed by atoms with Crippen molar-refractivity contribution >= 4 is 0 Å². The van der Waals surface area contributed by atoms with E-state index in [0.29, 0.717) is 11.8 Å². The summed E-state index contributed by atoms with van der Waals surface area (Å²) in [5, 5.41) is 10.6. The molecule has 1 aromatic carbocycles. The highest BCUT2D eigenvalue weighted by molar-refractivity contribution is 5.27. The Morgan fingerprint density at radius 2 is 1.60 bits per heavy atom. The topological polar surface area (TPSA) is 20.2 Å². The molecule has 0 amide bonds. The number of benzene rings is 1. The lowest BCUT2D eigenvalue weighted by Gasteiger charge is -2.24. The predicted molar refractivity (Wildman–Crippen MR) is 83.7 cm³/mol. The van der Waals surface area contributed by atoms with Gasteiger partial charge in [-0.15, -0.1) is 0 Å². The summed E-state index contributed by atoms with van der Waals surface area (Å²) in [6.07, 6.45) is 10.4. The summed E-state index contributed by atoms with van der Waals surface area (Å²) in [5.74, 6) is 1.90. The minimum atomic E-state index is -0.257. The molecular formula is C19H28O. The molecule has 0 heterocycles. The molecule has 2 aliphatic rings. The Morgan fingerprint density at radius 1 is 0.900 bits per heavy atom. The monoisotopic (exact) mass is 272 g/mol. The number of aliphatic hydroxyl groups excluding tert-OH is 1. The summed E-state index contributed by atoms with van der Waals surface area (Å²) in [5.41, 5.74) is 2.61. The van der Waals surface area contributed by atoms with Crippen LogP contribution in [0.3, 0.4) is 0 Å². The van der Waals surface area contributed by atoms with Gasteiger partial charge in [0.1, 0.15) is 0 Å². The van der Waals surface area contributed by atoms with Gasteiger partial charge in [0.05, 0.1) is 6.10 Å². The van der Waals surface area contributed by atoms with Crippen LogP contribution in [0.1, 0.15) is 81.4 Å². The Bertz CT molecular complexity index is 416. The minimum absolute atomic E-state index is 0.257. The summed E-state index contributed by atoms with van der Waals surface area (Å²) in [6.45, 7) is 2.29. The van der Waals surface area contributed by atoms with Crippen molar-refractivity contribution in [3.63, 3.8) is 0 Å². The van der Waals surface area contributed by atoms with Crippen molar-refractivity contribution in [2.75, 3.05) is 0 Å². The van der Waals surface area contributed by atoms with Crippen LogP contribution in [0.25, 0.3) is 0 Å². The second-order valence-corrected chi connectivity index (χ2v) is 7.02. The van der Waals surface area contributed by atoms with Crippen LogP contribution in [0.4, 0.5) is 0 Å². The van der Waals surface area contributed by atoms with Gasteiger partial charge in [-0.05, 0) is 48.1 Å². The van der Waals surface area contributed by atoms with Gasteiger partial charge in [0.25, 0.3) is 0 Å². The Hall–Kier alpha value is -0.820. The molecule has 2 saturated carbocycles. The Balaban J connectivity index is 1.68. The molecule has 0 aliphatic heterocycles. The predicted octanol–water partition coefficient (Wildman–Crippen LogP) is 5.20. The highest BCUT2D eigenvalue weighted by atomic mass is 16.3. The van der Waals surface area contributed by atoms with Gasteiger partial charge in [0.15, 0.2) is 0 Å². The van der Waals surface area contributed by atoms with Gasteiger partial charge in [-0.3, -0.25) is 0 Å². The molecule has 2 fully saturated rings. The standard InChI is InChI=1S/C19H28O/c1-14-6-5-9-18(14)19(20)17-12-10-16(11-13-17)15-7-3-2-4-8-15/h10-15,18-20H,2-9H2,1H3. The molecule has 110 valence electrons. The van der Waals surface area contributed by atoms with Gasteiger partial charge in [-0.2, -0.15) is 0 Å². The van der Waals surface area contributed by atoms with E-state index in [2.05, 4.69) is 31.2 Å². The molecule has 1 aromatic rings. The third-order valence-corrected chi connectivity index (χ3v) is 5.69. The van der Waals surface area contributed by atoms with E-state index in [1.807, 2.05) is 0 Å². The van der Waals surface area contributed by atoms with E-state index in [1.54, 1.807) is 0 Å². The fraction of sp³-hybridized carbons (Fsp3) is 0.684. The molecule has 1 nitrogen and oxygen atoms in total. The third kappa shape index (κ3) is 2.93. The van der Waals surface area contributed by atoms with E-state index in [1.165, 1.54) is 56.9 Å². The first-order chi connectivity index (χ1) is 9.75. The zero-order valence-corrected chi connectivity index (χ0v) is 12.7. The third-order valence-electron chi connectivity index (χ3n) is 5.69. The van der Waals surface area contributed by atoms with Gasteiger partial charge in [-0.1, -0.05) is 63.3 Å². The van der Waals surface area contributed by atoms with Crippen LogP contribution >= 0.6 is 0 Å². The van der Waals surface area contributed by atoms with E-state index in [4.69, 9.17) is 0 Å². The molecule has 0 radical (unpaired) electrons. The quantitative estimate of drug-likeness (QED) is 0.801. The van der Waals surface area contributed by atoms with Crippen molar-refractivity contribution in [1.82, 2.24) is 0 Å². The highest BCUT2D eigenvalue weighted by Gasteiger charge is 2.30. The van der Waals surface area contributed by atoms with Crippen molar-refractivity contribution in [2.45, 2.75) is 70.3 Å². The second kappa shape index (κ2) is 6.30. The maximum Gasteiger partial charge on any atom is 0.0820 e. The Kier molecular flexibility index (Phi) is 4.45. The van der Waals surface area contributed by atoms with Crippen LogP contribution in [0.2, 0.25) is 0 Å². The smallest absolute Gasteiger partial charge is 0.0820 e. The van der Waals surface area contributed by atoms with E-state index >= 15 is 0 Å². The van der Waals surface area contributed by atoms with E-state index in [0.717, 1.165) is 11.5 Å². The first-order valence-corrected chi connectivity index (χ1v) is 8.53. The van der Waals surface area contributed by atoms with Crippen molar-refractivity contribution < 1.29 is 5.11 Å². The van der Waals surface area contributed by atoms with Gasteiger partial charge >= 0.3 is 0 Å². The molecule has 20 heavy (non-hydrogen) atoms. The number of rotatable bonds is 3. The van der Waals surface area contributed by atoms with Crippen molar-refractivity contribution in [2.24, 2.45) is 11.8 Å². The maximum atomic E-state index is 10.6. The zero-order chi connectivity index (χ0) is 13.9. The summed E-state index contributed by atoms with van der Waals surface area (Å²) in [6, 6.07) is 8.90. The maximum absolute atomic E-state index is 10.6. The van der Waals surface area contributed by atoms with Crippen molar-refractivity contribution in [3.05, 3.63) is 35.4 Å². The lowest BCUT2D eigenvalue weighted by atomic mass is 9.83. The molecule has 0 bridgehead atoms. The number of hydrogen-bond acceptors (Lipinski definition) is 1. The largest absolute Gasteiger partial charge is 0.388 e. The summed E-state index contributed by atoms with van der Waals surface area (Å²) < 4.78 is 0. The zero-order valence-electron chi connectivity index (χ0n) is 12.7. The van der Waals surface area contributed by atoms with Gasteiger partial charge in [0.2, 0.25) is 0 Å². The van der Waals surface area contributed by atoms with Crippen LogP contribution in [-0.4, -0.2) is 5.11 Å². The molecule has 1 N–H and O–H groups in total. The number of aliphatic hydroxyl groups is 1. The molecule has 3 atom stereocenters. The molecule has 0 aromatic heterocycles. The van der Waals surface area contributed by atoms with E-state index in [9.17, 15) is 5.11 Å². The first-order valence-electron chi connectivity index (χ1n) is 8.53. The molecule has 0 saturated heterocycles.